The van der Waals surface area contributed by atoms with E-state index in [0.717, 1.165) is 29.7 Å². The second kappa shape index (κ2) is 11.2. The molecule has 5 nitrogen and oxygen atoms in total. The van der Waals surface area contributed by atoms with Crippen molar-refractivity contribution in [3.8, 4) is 23.1 Å². The molecule has 0 fully saturated rings. The molecule has 0 spiro atoms. The number of pyridine rings is 2. The van der Waals surface area contributed by atoms with Crippen molar-refractivity contribution in [3.63, 3.8) is 0 Å². The van der Waals surface area contributed by atoms with Crippen molar-refractivity contribution in [1.29, 1.82) is 0 Å². The van der Waals surface area contributed by atoms with Gasteiger partial charge < -0.3 is 14.2 Å². The van der Waals surface area contributed by atoms with Gasteiger partial charge in [-0.3, -0.25) is 4.98 Å². The summed E-state index contributed by atoms with van der Waals surface area (Å²) in [6.45, 7) is 1.04. The molecule has 0 aliphatic carbocycles. The van der Waals surface area contributed by atoms with E-state index in [1.807, 2.05) is 66.9 Å². The van der Waals surface area contributed by atoms with Gasteiger partial charge in [0.2, 0.25) is 0 Å². The molecule has 0 aliphatic heterocycles. The number of aryl methyl sites for hydroxylation is 1. The monoisotopic (exact) mass is 446 g/mol. The normalized spacial score (nSPS) is 10.5. The summed E-state index contributed by atoms with van der Waals surface area (Å²) in [6, 6.07) is 22.9. The SMILES string of the molecule is Clc1cccc(Oc2ncccc2OCCCc2cncc(OCc3ccccc3)c2)c1. The molecule has 0 atom stereocenters. The van der Waals surface area contributed by atoms with Crippen LogP contribution in [0.5, 0.6) is 23.1 Å². The second-order valence-electron chi connectivity index (χ2n) is 7.12. The number of rotatable bonds is 10. The Hall–Kier alpha value is -3.57. The van der Waals surface area contributed by atoms with Crippen LogP contribution in [0.15, 0.2) is 91.4 Å². The summed E-state index contributed by atoms with van der Waals surface area (Å²) in [5.74, 6) is 2.37. The van der Waals surface area contributed by atoms with Gasteiger partial charge in [0.05, 0.1) is 12.8 Å². The van der Waals surface area contributed by atoms with Crippen LogP contribution in [0.25, 0.3) is 0 Å². The summed E-state index contributed by atoms with van der Waals surface area (Å²) in [4.78, 5) is 8.58. The van der Waals surface area contributed by atoms with Crippen molar-refractivity contribution in [2.24, 2.45) is 0 Å². The predicted octanol–water partition coefficient (Wildman–Crippen LogP) is 6.51. The van der Waals surface area contributed by atoms with Crippen molar-refractivity contribution in [2.75, 3.05) is 6.61 Å². The highest BCUT2D eigenvalue weighted by molar-refractivity contribution is 6.30. The summed E-state index contributed by atoms with van der Waals surface area (Å²) >= 11 is 6.03. The van der Waals surface area contributed by atoms with E-state index in [2.05, 4.69) is 9.97 Å². The molecule has 2 aromatic heterocycles. The van der Waals surface area contributed by atoms with Gasteiger partial charge in [0, 0.05) is 17.4 Å². The van der Waals surface area contributed by atoms with Crippen LogP contribution in [0.2, 0.25) is 5.02 Å². The van der Waals surface area contributed by atoms with Crippen LogP contribution < -0.4 is 14.2 Å². The second-order valence-corrected chi connectivity index (χ2v) is 7.56. The van der Waals surface area contributed by atoms with Crippen molar-refractivity contribution in [3.05, 3.63) is 108 Å². The van der Waals surface area contributed by atoms with E-state index in [-0.39, 0.29) is 0 Å². The molecule has 6 heteroatoms. The van der Waals surface area contributed by atoms with Gasteiger partial charge in [-0.25, -0.2) is 4.98 Å². The molecule has 0 radical (unpaired) electrons. The lowest BCUT2D eigenvalue weighted by Crippen LogP contribution is -2.02. The molecule has 2 heterocycles. The summed E-state index contributed by atoms with van der Waals surface area (Å²) in [6.07, 6.45) is 6.89. The third kappa shape index (κ3) is 6.46. The van der Waals surface area contributed by atoms with E-state index in [1.54, 1.807) is 24.5 Å². The first kappa shape index (κ1) is 21.7. The van der Waals surface area contributed by atoms with Gasteiger partial charge in [-0.05, 0) is 60.4 Å². The Balaban J connectivity index is 1.27. The number of hydrogen-bond acceptors (Lipinski definition) is 5. The van der Waals surface area contributed by atoms with Gasteiger partial charge in [-0.1, -0.05) is 48.0 Å². The minimum Gasteiger partial charge on any atom is -0.488 e. The quantitative estimate of drug-likeness (QED) is 0.260. The Morgan fingerprint density at radius 2 is 1.69 bits per heavy atom. The maximum absolute atomic E-state index is 6.03. The summed E-state index contributed by atoms with van der Waals surface area (Å²) in [7, 11) is 0. The fourth-order valence-corrected chi connectivity index (χ4v) is 3.26. The summed E-state index contributed by atoms with van der Waals surface area (Å²) < 4.78 is 17.6. The Labute approximate surface area is 192 Å². The molecule has 0 unspecified atom stereocenters. The van der Waals surface area contributed by atoms with E-state index >= 15 is 0 Å². The van der Waals surface area contributed by atoms with Crippen molar-refractivity contribution >= 4 is 11.6 Å². The Kier molecular flexibility index (Phi) is 7.55. The lowest BCUT2D eigenvalue weighted by Gasteiger charge is -2.11. The number of hydrogen-bond donors (Lipinski definition) is 0. The number of benzene rings is 2. The first-order chi connectivity index (χ1) is 15.8. The number of halogens is 1. The van der Waals surface area contributed by atoms with Crippen LogP contribution in [-0.2, 0) is 13.0 Å². The third-order valence-electron chi connectivity index (χ3n) is 4.63. The van der Waals surface area contributed by atoms with Crippen LogP contribution in [-0.4, -0.2) is 16.6 Å². The highest BCUT2D eigenvalue weighted by atomic mass is 35.5. The standard InChI is InChI=1S/C26H23ClN2O3/c27-22-10-4-11-23(16-22)32-26-25(12-5-13-29-26)30-14-6-9-21-15-24(18-28-17-21)31-19-20-7-2-1-3-8-20/h1-5,7-8,10-13,15-18H,6,9,14,19H2. The Morgan fingerprint density at radius 3 is 2.56 bits per heavy atom. The minimum absolute atomic E-state index is 0.410. The lowest BCUT2D eigenvalue weighted by atomic mass is 10.1. The van der Waals surface area contributed by atoms with E-state index in [4.69, 9.17) is 25.8 Å². The number of aromatic nitrogens is 2. The molecule has 0 N–H and O–H groups in total. The average Bonchev–Trinajstić information content (AvgIpc) is 2.82. The molecule has 162 valence electrons. The van der Waals surface area contributed by atoms with Gasteiger partial charge in [-0.15, -0.1) is 0 Å². The maximum Gasteiger partial charge on any atom is 0.262 e. The molecule has 2 aromatic carbocycles. The topological polar surface area (TPSA) is 53.5 Å². The van der Waals surface area contributed by atoms with Crippen molar-refractivity contribution < 1.29 is 14.2 Å². The van der Waals surface area contributed by atoms with E-state index in [1.165, 1.54) is 0 Å². The smallest absolute Gasteiger partial charge is 0.262 e. The average molecular weight is 447 g/mol. The van der Waals surface area contributed by atoms with Gasteiger partial charge in [-0.2, -0.15) is 0 Å². The van der Waals surface area contributed by atoms with E-state index < -0.39 is 0 Å². The first-order valence-electron chi connectivity index (χ1n) is 10.4. The number of nitrogens with zero attached hydrogens (tertiary/aromatic N) is 2. The van der Waals surface area contributed by atoms with Gasteiger partial charge >= 0.3 is 0 Å². The minimum atomic E-state index is 0.410. The maximum atomic E-state index is 6.03. The van der Waals surface area contributed by atoms with E-state index in [9.17, 15) is 0 Å². The molecule has 4 rings (SSSR count). The predicted molar refractivity (Wildman–Crippen MR) is 125 cm³/mol. The van der Waals surface area contributed by atoms with Gasteiger partial charge in [0.15, 0.2) is 5.75 Å². The lowest BCUT2D eigenvalue weighted by molar-refractivity contribution is 0.292. The molecule has 0 amide bonds. The van der Waals surface area contributed by atoms with Crippen LogP contribution in [0.1, 0.15) is 17.5 Å². The highest BCUT2D eigenvalue weighted by Gasteiger charge is 2.08. The number of ether oxygens (including phenoxy) is 3. The molecule has 4 aromatic rings. The zero-order valence-corrected chi connectivity index (χ0v) is 18.2. The van der Waals surface area contributed by atoms with Crippen LogP contribution >= 0.6 is 11.6 Å². The largest absolute Gasteiger partial charge is 0.488 e. The fourth-order valence-electron chi connectivity index (χ4n) is 3.08. The summed E-state index contributed by atoms with van der Waals surface area (Å²) in [5, 5.41) is 0.601. The van der Waals surface area contributed by atoms with Crippen LogP contribution in [0.4, 0.5) is 0 Å². The van der Waals surface area contributed by atoms with Gasteiger partial charge in [0.1, 0.15) is 18.1 Å². The molecule has 32 heavy (non-hydrogen) atoms. The molecule has 0 saturated carbocycles. The highest BCUT2D eigenvalue weighted by Crippen LogP contribution is 2.30. The first-order valence-corrected chi connectivity index (χ1v) is 10.8. The molecule has 0 aliphatic rings. The van der Waals surface area contributed by atoms with E-state index in [0.29, 0.717) is 35.6 Å². The molecule has 0 bridgehead atoms. The Morgan fingerprint density at radius 1 is 0.781 bits per heavy atom. The van der Waals surface area contributed by atoms with Gasteiger partial charge in [0.25, 0.3) is 5.88 Å². The third-order valence-corrected chi connectivity index (χ3v) is 4.87. The van der Waals surface area contributed by atoms with Crippen molar-refractivity contribution in [2.45, 2.75) is 19.4 Å². The fraction of sp³-hybridized carbons (Fsp3) is 0.154. The molecule has 0 saturated heterocycles. The van der Waals surface area contributed by atoms with Crippen molar-refractivity contribution in [1.82, 2.24) is 9.97 Å². The Bertz CT molecular complexity index is 1140. The zero-order chi connectivity index (χ0) is 22.0. The van der Waals surface area contributed by atoms with Crippen LogP contribution in [0, 0.1) is 0 Å². The molecular formula is C26H23ClN2O3. The van der Waals surface area contributed by atoms with Crippen LogP contribution in [0.3, 0.4) is 0 Å². The zero-order valence-electron chi connectivity index (χ0n) is 17.5. The molecular weight excluding hydrogens is 424 g/mol. The summed E-state index contributed by atoms with van der Waals surface area (Å²) in [5.41, 5.74) is 2.22.